The van der Waals surface area contributed by atoms with Crippen LogP contribution in [-0.4, -0.2) is 17.5 Å². The summed E-state index contributed by atoms with van der Waals surface area (Å²) in [5, 5.41) is 11.2. The SMILES string of the molecule is CC(C)c1ccc(C(=O)/C=C/c2cc3c(cc2[N+](=O)[O-])OCO3)cc1. The van der Waals surface area contributed by atoms with Gasteiger partial charge in [-0.2, -0.15) is 0 Å². The molecule has 1 heterocycles. The van der Waals surface area contributed by atoms with Crippen molar-refractivity contribution in [3.63, 3.8) is 0 Å². The summed E-state index contributed by atoms with van der Waals surface area (Å²) in [4.78, 5) is 23.0. The van der Waals surface area contributed by atoms with E-state index in [1.54, 1.807) is 12.1 Å². The van der Waals surface area contributed by atoms with Gasteiger partial charge >= 0.3 is 0 Å². The number of ketones is 1. The molecule has 6 nitrogen and oxygen atoms in total. The molecular formula is C19H17NO5. The van der Waals surface area contributed by atoms with Crippen molar-refractivity contribution in [3.05, 3.63) is 69.3 Å². The van der Waals surface area contributed by atoms with Crippen molar-refractivity contribution >= 4 is 17.5 Å². The molecule has 0 bridgehead atoms. The predicted octanol–water partition coefficient (Wildman–Crippen LogP) is 4.34. The van der Waals surface area contributed by atoms with Crippen molar-refractivity contribution in [1.29, 1.82) is 0 Å². The number of hydrogen-bond donors (Lipinski definition) is 0. The van der Waals surface area contributed by atoms with Crippen LogP contribution in [0, 0.1) is 10.1 Å². The molecule has 0 aromatic heterocycles. The van der Waals surface area contributed by atoms with E-state index in [1.165, 1.54) is 24.3 Å². The van der Waals surface area contributed by atoms with Crippen LogP contribution in [0.3, 0.4) is 0 Å². The summed E-state index contributed by atoms with van der Waals surface area (Å²) in [6.45, 7) is 4.19. The molecule has 1 aliphatic heterocycles. The Morgan fingerprint density at radius 1 is 1.16 bits per heavy atom. The monoisotopic (exact) mass is 339 g/mol. The third-order valence-electron chi connectivity index (χ3n) is 3.99. The number of fused-ring (bicyclic) bond motifs is 1. The van der Waals surface area contributed by atoms with E-state index in [-0.39, 0.29) is 18.3 Å². The summed E-state index contributed by atoms with van der Waals surface area (Å²) in [5.74, 6) is 0.927. The first-order chi connectivity index (χ1) is 12.0. The fourth-order valence-corrected chi connectivity index (χ4v) is 2.53. The lowest BCUT2D eigenvalue weighted by Crippen LogP contribution is -1.96. The highest BCUT2D eigenvalue weighted by molar-refractivity contribution is 6.07. The molecule has 2 aromatic carbocycles. The third kappa shape index (κ3) is 3.52. The number of hydrogen-bond acceptors (Lipinski definition) is 5. The van der Waals surface area contributed by atoms with Crippen LogP contribution in [-0.2, 0) is 0 Å². The normalized spacial score (nSPS) is 12.8. The van der Waals surface area contributed by atoms with Gasteiger partial charge in [0, 0.05) is 5.56 Å². The summed E-state index contributed by atoms with van der Waals surface area (Å²) in [7, 11) is 0. The quantitative estimate of drug-likeness (QED) is 0.350. The van der Waals surface area contributed by atoms with Crippen LogP contribution in [0.4, 0.5) is 5.69 Å². The molecule has 0 aliphatic carbocycles. The van der Waals surface area contributed by atoms with Crippen molar-refractivity contribution in [2.24, 2.45) is 0 Å². The number of rotatable bonds is 5. The third-order valence-corrected chi connectivity index (χ3v) is 3.99. The first-order valence-electron chi connectivity index (χ1n) is 7.86. The molecule has 0 saturated heterocycles. The van der Waals surface area contributed by atoms with Gasteiger partial charge in [-0.15, -0.1) is 0 Å². The van der Waals surface area contributed by atoms with Gasteiger partial charge in [-0.05, 0) is 29.7 Å². The number of nitrogens with zero attached hydrogens (tertiary/aromatic N) is 1. The summed E-state index contributed by atoms with van der Waals surface area (Å²) in [6.07, 6.45) is 2.76. The van der Waals surface area contributed by atoms with Gasteiger partial charge in [-0.3, -0.25) is 14.9 Å². The second kappa shape index (κ2) is 6.76. The molecule has 0 radical (unpaired) electrons. The molecule has 0 saturated carbocycles. The molecule has 3 rings (SSSR count). The zero-order chi connectivity index (χ0) is 18.0. The highest BCUT2D eigenvalue weighted by atomic mass is 16.7. The minimum Gasteiger partial charge on any atom is -0.454 e. The van der Waals surface area contributed by atoms with Gasteiger partial charge in [0.1, 0.15) is 0 Å². The Morgan fingerprint density at radius 3 is 2.40 bits per heavy atom. The lowest BCUT2D eigenvalue weighted by Gasteiger charge is -2.05. The molecular weight excluding hydrogens is 322 g/mol. The Labute approximate surface area is 144 Å². The van der Waals surface area contributed by atoms with E-state index >= 15 is 0 Å². The molecule has 128 valence electrons. The Bertz CT molecular complexity index is 853. The summed E-state index contributed by atoms with van der Waals surface area (Å²) < 4.78 is 10.4. The second-order valence-corrected chi connectivity index (χ2v) is 6.00. The van der Waals surface area contributed by atoms with Gasteiger partial charge in [-0.25, -0.2) is 0 Å². The number of nitro groups is 1. The standard InChI is InChI=1S/C19H17NO5/c1-12(2)13-3-5-14(6-4-13)17(21)8-7-15-9-18-19(25-11-24-18)10-16(15)20(22)23/h3-10,12H,11H2,1-2H3/b8-7+. The van der Waals surface area contributed by atoms with Crippen molar-refractivity contribution in [3.8, 4) is 11.5 Å². The molecule has 1 aliphatic rings. The van der Waals surface area contributed by atoms with Gasteiger partial charge in [0.25, 0.3) is 5.69 Å². The van der Waals surface area contributed by atoms with E-state index in [9.17, 15) is 14.9 Å². The maximum Gasteiger partial charge on any atom is 0.280 e. The Balaban J connectivity index is 1.86. The molecule has 0 unspecified atom stereocenters. The van der Waals surface area contributed by atoms with Crippen molar-refractivity contribution in [2.45, 2.75) is 19.8 Å². The maximum atomic E-state index is 12.3. The Morgan fingerprint density at radius 2 is 1.80 bits per heavy atom. The highest BCUT2D eigenvalue weighted by Gasteiger charge is 2.22. The minimum atomic E-state index is -0.510. The molecule has 0 amide bonds. The van der Waals surface area contributed by atoms with Crippen molar-refractivity contribution in [2.75, 3.05) is 6.79 Å². The molecule has 0 N–H and O–H groups in total. The molecule has 0 atom stereocenters. The van der Waals surface area contributed by atoms with Crippen LogP contribution in [0.15, 0.2) is 42.5 Å². The lowest BCUT2D eigenvalue weighted by molar-refractivity contribution is -0.385. The first-order valence-corrected chi connectivity index (χ1v) is 7.86. The molecule has 2 aromatic rings. The number of nitro benzene ring substituents is 1. The number of allylic oxidation sites excluding steroid dienone is 1. The van der Waals surface area contributed by atoms with Gasteiger partial charge in [0.15, 0.2) is 17.3 Å². The van der Waals surface area contributed by atoms with Gasteiger partial charge in [-0.1, -0.05) is 38.1 Å². The van der Waals surface area contributed by atoms with E-state index in [1.807, 2.05) is 12.1 Å². The van der Waals surface area contributed by atoms with Gasteiger partial charge in [0.2, 0.25) is 6.79 Å². The molecule has 0 fully saturated rings. The molecule has 25 heavy (non-hydrogen) atoms. The van der Waals surface area contributed by atoms with E-state index in [2.05, 4.69) is 13.8 Å². The first kappa shape index (κ1) is 16.7. The smallest absolute Gasteiger partial charge is 0.280 e. The van der Waals surface area contributed by atoms with E-state index in [0.29, 0.717) is 28.5 Å². The summed E-state index contributed by atoms with van der Waals surface area (Å²) in [6, 6.07) is 10.2. The number of ether oxygens (including phenoxy) is 2. The summed E-state index contributed by atoms with van der Waals surface area (Å²) >= 11 is 0. The Kier molecular flexibility index (Phi) is 4.52. The number of carbonyl (C=O) groups excluding carboxylic acids is 1. The van der Waals surface area contributed by atoms with Crippen LogP contribution in [0.2, 0.25) is 0 Å². The van der Waals surface area contributed by atoms with Crippen LogP contribution in [0.25, 0.3) is 6.08 Å². The van der Waals surface area contributed by atoms with E-state index in [4.69, 9.17) is 9.47 Å². The highest BCUT2D eigenvalue weighted by Crippen LogP contribution is 2.38. The molecule has 6 heteroatoms. The zero-order valence-electron chi connectivity index (χ0n) is 13.9. The zero-order valence-corrected chi connectivity index (χ0v) is 13.9. The van der Waals surface area contributed by atoms with E-state index < -0.39 is 4.92 Å². The van der Waals surface area contributed by atoms with Gasteiger partial charge < -0.3 is 9.47 Å². The minimum absolute atomic E-state index is 0.0286. The topological polar surface area (TPSA) is 78.7 Å². The largest absolute Gasteiger partial charge is 0.454 e. The van der Waals surface area contributed by atoms with Crippen LogP contribution in [0.1, 0.15) is 41.3 Å². The second-order valence-electron chi connectivity index (χ2n) is 6.00. The summed E-state index contributed by atoms with van der Waals surface area (Å²) in [5.41, 5.74) is 1.83. The average Bonchev–Trinajstić information content (AvgIpc) is 3.06. The Hall–Kier alpha value is -3.15. The average molecular weight is 339 g/mol. The number of benzene rings is 2. The van der Waals surface area contributed by atoms with Crippen LogP contribution >= 0.6 is 0 Å². The van der Waals surface area contributed by atoms with Crippen LogP contribution < -0.4 is 9.47 Å². The predicted molar refractivity (Wildman–Crippen MR) is 93.1 cm³/mol. The van der Waals surface area contributed by atoms with Crippen molar-refractivity contribution in [1.82, 2.24) is 0 Å². The van der Waals surface area contributed by atoms with Crippen molar-refractivity contribution < 1.29 is 19.2 Å². The van der Waals surface area contributed by atoms with Crippen LogP contribution in [0.5, 0.6) is 11.5 Å². The number of carbonyl (C=O) groups is 1. The van der Waals surface area contributed by atoms with Gasteiger partial charge in [0.05, 0.1) is 16.6 Å². The lowest BCUT2D eigenvalue weighted by atomic mass is 10.00. The fraction of sp³-hybridized carbons (Fsp3) is 0.211. The van der Waals surface area contributed by atoms with E-state index in [0.717, 1.165) is 5.56 Å². The fourth-order valence-electron chi connectivity index (χ4n) is 2.53. The molecule has 0 spiro atoms. The maximum absolute atomic E-state index is 12.3.